The Labute approximate surface area is 132 Å². The number of urea groups is 1. The van der Waals surface area contributed by atoms with Crippen molar-refractivity contribution in [2.75, 3.05) is 5.32 Å². The van der Waals surface area contributed by atoms with Crippen LogP contribution in [0.5, 0.6) is 0 Å². The van der Waals surface area contributed by atoms with Crippen molar-refractivity contribution in [2.45, 2.75) is 13.1 Å². The van der Waals surface area contributed by atoms with E-state index in [2.05, 4.69) is 9.97 Å². The smallest absolute Gasteiger partial charge is 0.276 e. The number of aryl methyl sites for hydroxylation is 1. The van der Waals surface area contributed by atoms with E-state index in [1.165, 1.54) is 6.92 Å². The van der Waals surface area contributed by atoms with Crippen LogP contribution in [-0.2, 0) is 6.18 Å². The lowest BCUT2D eigenvalue weighted by molar-refractivity contribution is -0.141. The number of nitrogens with zero attached hydrogens (tertiary/aromatic N) is 2. The van der Waals surface area contributed by atoms with Crippen molar-refractivity contribution in [1.82, 2.24) is 15.3 Å². The van der Waals surface area contributed by atoms with Crippen LogP contribution < -0.4 is 10.6 Å². The maximum Gasteiger partial charge on any atom is 0.433 e. The first-order valence-electron chi connectivity index (χ1n) is 6.46. The number of hydrogen-bond donors (Lipinski definition) is 2. The molecule has 2 N–H and O–H groups in total. The lowest BCUT2D eigenvalue weighted by Crippen LogP contribution is -2.35. The van der Waals surface area contributed by atoms with Crippen molar-refractivity contribution in [3.63, 3.8) is 0 Å². The molecule has 3 amide bonds. The third-order valence-corrected chi connectivity index (χ3v) is 2.70. The summed E-state index contributed by atoms with van der Waals surface area (Å²) in [6.45, 7) is 1.30. The number of alkyl halides is 3. The highest BCUT2D eigenvalue weighted by Gasteiger charge is 2.33. The second-order valence-corrected chi connectivity index (χ2v) is 4.63. The molecule has 0 aliphatic heterocycles. The number of amides is 3. The molecule has 126 valence electrons. The summed E-state index contributed by atoms with van der Waals surface area (Å²) in [5, 5.41) is 3.81. The molecule has 0 radical (unpaired) electrons. The lowest BCUT2D eigenvalue weighted by Gasteiger charge is -2.10. The van der Waals surface area contributed by atoms with Crippen LogP contribution in [0, 0.1) is 12.7 Å². The Hall–Kier alpha value is -3.04. The summed E-state index contributed by atoms with van der Waals surface area (Å²) in [7, 11) is 0. The number of halogens is 4. The molecule has 1 aromatic heterocycles. The van der Waals surface area contributed by atoms with E-state index < -0.39 is 35.6 Å². The molecule has 1 aromatic carbocycles. The predicted molar refractivity (Wildman–Crippen MR) is 74.7 cm³/mol. The van der Waals surface area contributed by atoms with Gasteiger partial charge >= 0.3 is 12.2 Å². The summed E-state index contributed by atoms with van der Waals surface area (Å²) < 4.78 is 50.7. The number of carbonyl (C=O) groups excluding carboxylic acids is 2. The Morgan fingerprint density at radius 1 is 1.08 bits per heavy atom. The van der Waals surface area contributed by atoms with Crippen molar-refractivity contribution in [2.24, 2.45) is 0 Å². The highest BCUT2D eigenvalue weighted by Crippen LogP contribution is 2.28. The molecular formula is C14H10F4N4O2. The van der Waals surface area contributed by atoms with E-state index >= 15 is 0 Å². The second-order valence-electron chi connectivity index (χ2n) is 4.63. The molecule has 0 fully saturated rings. The SMILES string of the molecule is Cc1cc(C(F)(F)F)nc(NC(=O)NC(=O)c2ccc(F)cc2)n1. The summed E-state index contributed by atoms with van der Waals surface area (Å²) in [5.41, 5.74) is -1.25. The maximum absolute atomic E-state index is 12.8. The van der Waals surface area contributed by atoms with Gasteiger partial charge in [0, 0.05) is 11.3 Å². The number of rotatable bonds is 2. The fourth-order valence-corrected chi connectivity index (χ4v) is 1.68. The van der Waals surface area contributed by atoms with Gasteiger partial charge in [-0.3, -0.25) is 15.4 Å². The van der Waals surface area contributed by atoms with Crippen molar-refractivity contribution in [3.8, 4) is 0 Å². The van der Waals surface area contributed by atoms with Gasteiger partial charge in [0.2, 0.25) is 5.95 Å². The van der Waals surface area contributed by atoms with Gasteiger partial charge in [-0.05, 0) is 37.3 Å². The summed E-state index contributed by atoms with van der Waals surface area (Å²) in [6.07, 6.45) is -4.70. The average Bonchev–Trinajstić information content (AvgIpc) is 2.46. The third-order valence-electron chi connectivity index (χ3n) is 2.70. The highest BCUT2D eigenvalue weighted by molar-refractivity contribution is 6.07. The van der Waals surface area contributed by atoms with Gasteiger partial charge in [-0.25, -0.2) is 19.2 Å². The van der Waals surface area contributed by atoms with Crippen LogP contribution in [0.15, 0.2) is 30.3 Å². The van der Waals surface area contributed by atoms with E-state index in [0.717, 1.165) is 24.3 Å². The molecule has 0 aliphatic carbocycles. The predicted octanol–water partition coefficient (Wildman–Crippen LogP) is 2.90. The number of hydrogen-bond acceptors (Lipinski definition) is 4. The molecule has 0 atom stereocenters. The molecule has 0 aliphatic rings. The number of imide groups is 1. The van der Waals surface area contributed by atoms with Crippen LogP contribution >= 0.6 is 0 Å². The zero-order valence-corrected chi connectivity index (χ0v) is 12.1. The number of carbonyl (C=O) groups is 2. The van der Waals surface area contributed by atoms with Crippen molar-refractivity contribution < 1.29 is 27.2 Å². The summed E-state index contributed by atoms with van der Waals surface area (Å²) in [5.74, 6) is -2.04. The van der Waals surface area contributed by atoms with Crippen LogP contribution in [0.4, 0.5) is 28.3 Å². The van der Waals surface area contributed by atoms with E-state index in [1.807, 2.05) is 10.6 Å². The van der Waals surface area contributed by atoms with Gasteiger partial charge < -0.3 is 0 Å². The molecule has 2 aromatic rings. The monoisotopic (exact) mass is 342 g/mol. The summed E-state index contributed by atoms with van der Waals surface area (Å²) in [6, 6.07) is 3.92. The van der Waals surface area contributed by atoms with Gasteiger partial charge in [-0.2, -0.15) is 13.2 Å². The highest BCUT2D eigenvalue weighted by atomic mass is 19.4. The Bertz CT molecular complexity index is 775. The zero-order chi connectivity index (χ0) is 17.9. The number of anilines is 1. The van der Waals surface area contributed by atoms with Crippen LogP contribution in [0.1, 0.15) is 21.7 Å². The van der Waals surface area contributed by atoms with Gasteiger partial charge in [-0.15, -0.1) is 0 Å². The first-order valence-corrected chi connectivity index (χ1v) is 6.46. The summed E-state index contributed by atoms with van der Waals surface area (Å²) >= 11 is 0. The fraction of sp³-hybridized carbons (Fsp3) is 0.143. The van der Waals surface area contributed by atoms with E-state index in [9.17, 15) is 27.2 Å². The minimum atomic E-state index is -4.70. The largest absolute Gasteiger partial charge is 0.433 e. The van der Waals surface area contributed by atoms with E-state index in [1.54, 1.807) is 0 Å². The number of aromatic nitrogens is 2. The second kappa shape index (κ2) is 6.60. The molecule has 0 saturated heterocycles. The Kier molecular flexibility index (Phi) is 4.77. The molecule has 0 unspecified atom stereocenters. The lowest BCUT2D eigenvalue weighted by atomic mass is 10.2. The van der Waals surface area contributed by atoms with Crippen molar-refractivity contribution in [3.05, 3.63) is 53.1 Å². The van der Waals surface area contributed by atoms with Crippen LogP contribution in [-0.4, -0.2) is 21.9 Å². The van der Waals surface area contributed by atoms with Crippen LogP contribution in [0.25, 0.3) is 0 Å². The normalized spacial score (nSPS) is 11.0. The van der Waals surface area contributed by atoms with E-state index in [0.29, 0.717) is 6.07 Å². The van der Waals surface area contributed by atoms with Crippen LogP contribution in [0.3, 0.4) is 0 Å². The van der Waals surface area contributed by atoms with Gasteiger partial charge in [0.25, 0.3) is 5.91 Å². The Balaban J connectivity index is 2.08. The summed E-state index contributed by atoms with van der Waals surface area (Å²) in [4.78, 5) is 30.2. The van der Waals surface area contributed by atoms with Crippen LogP contribution in [0.2, 0.25) is 0 Å². The minimum Gasteiger partial charge on any atom is -0.276 e. The third kappa shape index (κ3) is 4.48. The standard InChI is InChI=1S/C14H10F4N4O2/c1-7-6-10(14(16,17)18)20-12(19-7)22-13(24)21-11(23)8-2-4-9(15)5-3-8/h2-6H,1H3,(H2,19,20,21,22,23,24). The molecule has 1 heterocycles. The molecule has 0 bridgehead atoms. The first-order chi connectivity index (χ1) is 11.1. The van der Waals surface area contributed by atoms with Gasteiger partial charge in [-0.1, -0.05) is 0 Å². The van der Waals surface area contributed by atoms with Crippen molar-refractivity contribution >= 4 is 17.9 Å². The van der Waals surface area contributed by atoms with Gasteiger partial charge in [0.05, 0.1) is 0 Å². The molecule has 24 heavy (non-hydrogen) atoms. The Morgan fingerprint density at radius 2 is 1.71 bits per heavy atom. The molecular weight excluding hydrogens is 332 g/mol. The van der Waals surface area contributed by atoms with E-state index in [-0.39, 0.29) is 11.3 Å². The number of benzene rings is 1. The first kappa shape index (κ1) is 17.3. The van der Waals surface area contributed by atoms with Gasteiger partial charge in [0.1, 0.15) is 11.5 Å². The average molecular weight is 342 g/mol. The fourth-order valence-electron chi connectivity index (χ4n) is 1.68. The number of nitrogens with one attached hydrogen (secondary N) is 2. The zero-order valence-electron chi connectivity index (χ0n) is 12.1. The topological polar surface area (TPSA) is 84.0 Å². The molecule has 0 spiro atoms. The van der Waals surface area contributed by atoms with Crippen molar-refractivity contribution in [1.29, 1.82) is 0 Å². The Morgan fingerprint density at radius 3 is 2.29 bits per heavy atom. The molecule has 6 nitrogen and oxygen atoms in total. The molecule has 0 saturated carbocycles. The molecule has 10 heteroatoms. The molecule has 2 rings (SSSR count). The maximum atomic E-state index is 12.8. The van der Waals surface area contributed by atoms with Gasteiger partial charge in [0.15, 0.2) is 0 Å². The quantitative estimate of drug-likeness (QED) is 0.822. The van der Waals surface area contributed by atoms with E-state index in [4.69, 9.17) is 0 Å². The minimum absolute atomic E-state index is 0.00677.